The predicted octanol–water partition coefficient (Wildman–Crippen LogP) is 3.70. The Bertz CT molecular complexity index is 548. The van der Waals surface area contributed by atoms with Crippen molar-refractivity contribution in [3.63, 3.8) is 0 Å². The number of Topliss-reactive ketones (excluding diaryl/α,β-unsaturated/α-hetero) is 1. The lowest BCUT2D eigenvalue weighted by molar-refractivity contribution is -0.118. The first kappa shape index (κ1) is 13.5. The van der Waals surface area contributed by atoms with Gasteiger partial charge >= 0.3 is 0 Å². The number of benzene rings is 1. The fraction of sp³-hybridized carbons (Fsp3) is 0.294. The van der Waals surface area contributed by atoms with Crippen LogP contribution in [0, 0.1) is 6.92 Å². The largest absolute Gasteiger partial charge is 0.299 e. The predicted molar refractivity (Wildman–Crippen MR) is 77.2 cm³/mol. The first-order valence-corrected chi connectivity index (χ1v) is 6.64. The number of pyridine rings is 1. The van der Waals surface area contributed by atoms with Crippen molar-refractivity contribution >= 4 is 5.78 Å². The van der Waals surface area contributed by atoms with Gasteiger partial charge in [-0.2, -0.15) is 0 Å². The molecule has 98 valence electrons. The average Bonchev–Trinajstić information content (AvgIpc) is 2.42. The van der Waals surface area contributed by atoms with Crippen LogP contribution in [0.5, 0.6) is 0 Å². The van der Waals surface area contributed by atoms with E-state index in [2.05, 4.69) is 17.1 Å². The number of nitrogens with zero attached hydrogens (tertiary/aromatic N) is 1. The van der Waals surface area contributed by atoms with Gasteiger partial charge in [0.15, 0.2) is 0 Å². The summed E-state index contributed by atoms with van der Waals surface area (Å²) in [4.78, 5) is 16.3. The van der Waals surface area contributed by atoms with Crippen LogP contribution in [0.4, 0.5) is 0 Å². The van der Waals surface area contributed by atoms with E-state index < -0.39 is 0 Å². The Morgan fingerprint density at radius 1 is 1.16 bits per heavy atom. The molecule has 1 aromatic heterocycles. The molecule has 0 saturated carbocycles. The molecule has 0 N–H and O–H groups in total. The van der Waals surface area contributed by atoms with E-state index in [4.69, 9.17) is 0 Å². The van der Waals surface area contributed by atoms with Crippen molar-refractivity contribution in [2.24, 2.45) is 0 Å². The van der Waals surface area contributed by atoms with Crippen LogP contribution in [0.3, 0.4) is 0 Å². The van der Waals surface area contributed by atoms with Crippen molar-refractivity contribution in [3.05, 3.63) is 65.5 Å². The number of aromatic nitrogens is 1. The van der Waals surface area contributed by atoms with Crippen molar-refractivity contribution in [2.75, 3.05) is 0 Å². The molecule has 0 amide bonds. The van der Waals surface area contributed by atoms with Crippen LogP contribution in [0.15, 0.2) is 48.7 Å². The number of hydrogen-bond acceptors (Lipinski definition) is 2. The lowest BCUT2D eigenvalue weighted by Crippen LogP contribution is -2.13. The number of aryl methyl sites for hydroxylation is 2. The van der Waals surface area contributed by atoms with E-state index in [-0.39, 0.29) is 11.7 Å². The van der Waals surface area contributed by atoms with E-state index in [1.807, 2.05) is 37.3 Å². The third kappa shape index (κ3) is 3.50. The van der Waals surface area contributed by atoms with Crippen molar-refractivity contribution in [3.8, 4) is 0 Å². The Morgan fingerprint density at radius 2 is 1.89 bits per heavy atom. The molecule has 2 aromatic rings. The third-order valence-corrected chi connectivity index (χ3v) is 3.44. The quantitative estimate of drug-likeness (QED) is 0.813. The topological polar surface area (TPSA) is 30.0 Å². The summed E-state index contributed by atoms with van der Waals surface area (Å²) in [7, 11) is 0. The molecule has 0 bridgehead atoms. The van der Waals surface area contributed by atoms with Crippen molar-refractivity contribution in [1.82, 2.24) is 4.98 Å². The SMILES string of the molecule is CC(=O)C(CCc1ccccc1)c1ncccc1C. The van der Waals surface area contributed by atoms with Gasteiger partial charge in [-0.25, -0.2) is 0 Å². The van der Waals surface area contributed by atoms with Crippen LogP contribution in [0.25, 0.3) is 0 Å². The maximum Gasteiger partial charge on any atom is 0.138 e. The lowest BCUT2D eigenvalue weighted by atomic mass is 9.90. The van der Waals surface area contributed by atoms with Crippen molar-refractivity contribution < 1.29 is 4.79 Å². The van der Waals surface area contributed by atoms with Gasteiger partial charge in [0.25, 0.3) is 0 Å². The number of carbonyl (C=O) groups is 1. The Morgan fingerprint density at radius 3 is 2.53 bits per heavy atom. The Balaban J connectivity index is 2.14. The minimum Gasteiger partial charge on any atom is -0.299 e. The summed E-state index contributed by atoms with van der Waals surface area (Å²) >= 11 is 0. The standard InChI is InChI=1S/C17H19NO/c1-13-7-6-12-18-17(13)16(14(2)19)11-10-15-8-4-3-5-9-15/h3-9,12,16H,10-11H2,1-2H3. The minimum absolute atomic E-state index is 0.0959. The van der Waals surface area contributed by atoms with Gasteiger partial charge in [-0.05, 0) is 43.9 Å². The number of ketones is 1. The molecule has 2 rings (SSSR count). The molecule has 19 heavy (non-hydrogen) atoms. The van der Waals surface area contributed by atoms with Crippen molar-refractivity contribution in [2.45, 2.75) is 32.6 Å². The Labute approximate surface area is 114 Å². The van der Waals surface area contributed by atoms with E-state index in [1.165, 1.54) is 5.56 Å². The Hall–Kier alpha value is -1.96. The monoisotopic (exact) mass is 253 g/mol. The van der Waals surface area contributed by atoms with Crippen LogP contribution in [-0.2, 0) is 11.2 Å². The summed E-state index contributed by atoms with van der Waals surface area (Å²) in [6, 6.07) is 14.2. The van der Waals surface area contributed by atoms with Gasteiger partial charge < -0.3 is 0 Å². The summed E-state index contributed by atoms with van der Waals surface area (Å²) in [5.41, 5.74) is 3.28. The van der Waals surface area contributed by atoms with E-state index in [9.17, 15) is 4.79 Å². The van der Waals surface area contributed by atoms with Gasteiger partial charge in [0.2, 0.25) is 0 Å². The van der Waals surface area contributed by atoms with E-state index >= 15 is 0 Å². The summed E-state index contributed by atoms with van der Waals surface area (Å²) in [5.74, 6) is 0.0964. The number of hydrogen-bond donors (Lipinski definition) is 0. The third-order valence-electron chi connectivity index (χ3n) is 3.44. The maximum absolute atomic E-state index is 11.9. The zero-order chi connectivity index (χ0) is 13.7. The summed E-state index contributed by atoms with van der Waals surface area (Å²) in [5, 5.41) is 0. The number of rotatable bonds is 5. The zero-order valence-corrected chi connectivity index (χ0v) is 11.5. The fourth-order valence-electron chi connectivity index (χ4n) is 2.35. The number of carbonyl (C=O) groups excluding carboxylic acids is 1. The van der Waals surface area contributed by atoms with Crippen LogP contribution in [-0.4, -0.2) is 10.8 Å². The smallest absolute Gasteiger partial charge is 0.138 e. The molecule has 1 aromatic carbocycles. The molecule has 1 heterocycles. The maximum atomic E-state index is 11.9. The van der Waals surface area contributed by atoms with E-state index in [1.54, 1.807) is 13.1 Å². The van der Waals surface area contributed by atoms with E-state index in [0.29, 0.717) is 0 Å². The highest BCUT2D eigenvalue weighted by atomic mass is 16.1. The highest BCUT2D eigenvalue weighted by Crippen LogP contribution is 2.23. The van der Waals surface area contributed by atoms with Gasteiger partial charge in [0.1, 0.15) is 5.78 Å². The molecule has 0 aliphatic carbocycles. The molecular formula is C17H19NO. The second-order valence-corrected chi connectivity index (χ2v) is 4.89. The highest BCUT2D eigenvalue weighted by molar-refractivity contribution is 5.83. The van der Waals surface area contributed by atoms with Crippen LogP contribution in [0.2, 0.25) is 0 Å². The Kier molecular flexibility index (Phi) is 4.45. The second-order valence-electron chi connectivity index (χ2n) is 4.89. The normalized spacial score (nSPS) is 12.1. The zero-order valence-electron chi connectivity index (χ0n) is 11.5. The molecule has 0 saturated heterocycles. The summed E-state index contributed by atoms with van der Waals surface area (Å²) in [6.45, 7) is 3.67. The van der Waals surface area contributed by atoms with Crippen LogP contribution >= 0.6 is 0 Å². The summed E-state index contributed by atoms with van der Waals surface area (Å²) in [6.07, 6.45) is 3.49. The molecule has 1 unspecified atom stereocenters. The molecule has 0 aliphatic heterocycles. The van der Waals surface area contributed by atoms with Gasteiger partial charge in [0.05, 0.1) is 11.6 Å². The molecule has 1 atom stereocenters. The molecule has 0 fully saturated rings. The van der Waals surface area contributed by atoms with Gasteiger partial charge in [-0.15, -0.1) is 0 Å². The lowest BCUT2D eigenvalue weighted by Gasteiger charge is -2.15. The first-order valence-electron chi connectivity index (χ1n) is 6.64. The van der Waals surface area contributed by atoms with Crippen LogP contribution < -0.4 is 0 Å². The first-order chi connectivity index (χ1) is 9.18. The molecule has 0 aliphatic rings. The highest BCUT2D eigenvalue weighted by Gasteiger charge is 2.19. The molecule has 0 radical (unpaired) electrons. The molecule has 0 spiro atoms. The summed E-state index contributed by atoms with van der Waals surface area (Å²) < 4.78 is 0. The molecule has 2 nitrogen and oxygen atoms in total. The second kappa shape index (κ2) is 6.28. The average molecular weight is 253 g/mol. The van der Waals surface area contributed by atoms with Crippen molar-refractivity contribution in [1.29, 1.82) is 0 Å². The van der Waals surface area contributed by atoms with Gasteiger partial charge in [0, 0.05) is 6.20 Å². The molecule has 2 heteroatoms. The van der Waals surface area contributed by atoms with E-state index in [0.717, 1.165) is 24.1 Å². The fourth-order valence-corrected chi connectivity index (χ4v) is 2.35. The van der Waals surface area contributed by atoms with Crippen LogP contribution in [0.1, 0.15) is 36.1 Å². The van der Waals surface area contributed by atoms with Gasteiger partial charge in [-0.3, -0.25) is 9.78 Å². The van der Waals surface area contributed by atoms with Gasteiger partial charge in [-0.1, -0.05) is 36.4 Å². The molecular weight excluding hydrogens is 234 g/mol. The minimum atomic E-state index is -0.0959.